The summed E-state index contributed by atoms with van der Waals surface area (Å²) < 4.78 is 0. The van der Waals surface area contributed by atoms with Crippen LogP contribution in [0, 0.1) is 11.8 Å². The molecule has 20 heavy (non-hydrogen) atoms. The number of carboxylic acids is 1. The average Bonchev–Trinajstić information content (AvgIpc) is 2.66. The first-order valence-corrected chi connectivity index (χ1v) is 7.22. The second-order valence-electron chi connectivity index (χ2n) is 5.64. The fraction of sp³-hybridized carbons (Fsp3) is 0.786. The molecule has 0 spiro atoms. The van der Waals surface area contributed by atoms with Crippen LogP contribution < -0.4 is 10.6 Å². The summed E-state index contributed by atoms with van der Waals surface area (Å²) in [7, 11) is 0. The van der Waals surface area contributed by atoms with E-state index in [1.165, 1.54) is 0 Å². The number of carbonyl (C=O) groups is 3. The number of unbranched alkanes of at least 4 members (excludes halogenated alkanes) is 1. The summed E-state index contributed by atoms with van der Waals surface area (Å²) in [5, 5.41) is 13.6. The minimum Gasteiger partial charge on any atom is -0.481 e. The Balaban J connectivity index is 2.18. The van der Waals surface area contributed by atoms with Gasteiger partial charge in [0.2, 0.25) is 5.91 Å². The molecule has 3 amide bonds. The van der Waals surface area contributed by atoms with Crippen molar-refractivity contribution in [3.63, 3.8) is 0 Å². The highest BCUT2D eigenvalue weighted by Crippen LogP contribution is 2.30. The van der Waals surface area contributed by atoms with Crippen molar-refractivity contribution in [2.24, 2.45) is 11.8 Å². The number of carbonyl (C=O) groups excluding carboxylic acids is 2. The standard InChI is InChI=1S/C14H24N2O4/c1-9-7-8-11(10(9)2)15-14(20)16-12(17)5-3-4-6-13(18)19/h9-11H,3-8H2,1-2H3,(H,18,19)(H2,15,16,17,20). The molecule has 6 nitrogen and oxygen atoms in total. The Hall–Kier alpha value is -1.59. The van der Waals surface area contributed by atoms with E-state index in [0.29, 0.717) is 24.7 Å². The molecule has 3 atom stereocenters. The van der Waals surface area contributed by atoms with E-state index in [0.717, 1.165) is 12.8 Å². The number of aliphatic carboxylic acids is 1. The van der Waals surface area contributed by atoms with Crippen LogP contribution in [0.2, 0.25) is 0 Å². The Morgan fingerprint density at radius 3 is 2.30 bits per heavy atom. The van der Waals surface area contributed by atoms with Gasteiger partial charge in [0.1, 0.15) is 0 Å². The van der Waals surface area contributed by atoms with E-state index in [1.807, 2.05) is 0 Å². The minimum atomic E-state index is -0.868. The number of urea groups is 1. The van der Waals surface area contributed by atoms with Crippen molar-refractivity contribution in [1.29, 1.82) is 0 Å². The van der Waals surface area contributed by atoms with Crippen LogP contribution >= 0.6 is 0 Å². The first-order valence-electron chi connectivity index (χ1n) is 7.22. The van der Waals surface area contributed by atoms with Gasteiger partial charge in [-0.1, -0.05) is 13.8 Å². The van der Waals surface area contributed by atoms with E-state index in [9.17, 15) is 14.4 Å². The van der Waals surface area contributed by atoms with Crippen molar-refractivity contribution in [1.82, 2.24) is 10.6 Å². The van der Waals surface area contributed by atoms with Crippen molar-refractivity contribution in [3.05, 3.63) is 0 Å². The lowest BCUT2D eigenvalue weighted by Crippen LogP contribution is -2.45. The third-order valence-corrected chi connectivity index (χ3v) is 4.08. The first kappa shape index (κ1) is 16.5. The van der Waals surface area contributed by atoms with Crippen molar-refractivity contribution >= 4 is 17.9 Å². The second-order valence-corrected chi connectivity index (χ2v) is 5.64. The summed E-state index contributed by atoms with van der Waals surface area (Å²) in [6.45, 7) is 4.27. The number of hydrogen-bond acceptors (Lipinski definition) is 3. The maximum absolute atomic E-state index is 11.7. The molecule has 0 heterocycles. The molecule has 1 saturated carbocycles. The number of carboxylic acid groups (broad SMARTS) is 1. The second kappa shape index (κ2) is 7.87. The Kier molecular flexibility index (Phi) is 6.48. The van der Waals surface area contributed by atoms with Crippen LogP contribution in [0.1, 0.15) is 52.4 Å². The van der Waals surface area contributed by atoms with E-state index >= 15 is 0 Å². The minimum absolute atomic E-state index is 0.0525. The highest BCUT2D eigenvalue weighted by molar-refractivity contribution is 5.94. The molecule has 0 saturated heterocycles. The summed E-state index contributed by atoms with van der Waals surface area (Å²) in [6.07, 6.45) is 3.19. The molecule has 0 aromatic carbocycles. The zero-order chi connectivity index (χ0) is 15.1. The molecule has 114 valence electrons. The van der Waals surface area contributed by atoms with Crippen LogP contribution in [-0.2, 0) is 9.59 Å². The molecule has 3 N–H and O–H groups in total. The first-order chi connectivity index (χ1) is 9.40. The average molecular weight is 284 g/mol. The van der Waals surface area contributed by atoms with Crippen molar-refractivity contribution in [3.8, 4) is 0 Å². The van der Waals surface area contributed by atoms with Gasteiger partial charge in [-0.15, -0.1) is 0 Å². The fourth-order valence-corrected chi connectivity index (χ4v) is 2.52. The molecular weight excluding hydrogens is 260 g/mol. The predicted octanol–water partition coefficient (Wildman–Crippen LogP) is 1.89. The van der Waals surface area contributed by atoms with E-state index in [1.54, 1.807) is 0 Å². The Morgan fingerprint density at radius 2 is 1.75 bits per heavy atom. The number of hydrogen-bond donors (Lipinski definition) is 3. The number of amides is 3. The smallest absolute Gasteiger partial charge is 0.321 e. The van der Waals surface area contributed by atoms with Gasteiger partial charge in [-0.2, -0.15) is 0 Å². The van der Waals surface area contributed by atoms with E-state index in [4.69, 9.17) is 5.11 Å². The van der Waals surface area contributed by atoms with Gasteiger partial charge < -0.3 is 10.4 Å². The monoisotopic (exact) mass is 284 g/mol. The molecule has 1 fully saturated rings. The lowest BCUT2D eigenvalue weighted by atomic mass is 9.98. The van der Waals surface area contributed by atoms with E-state index in [2.05, 4.69) is 24.5 Å². The molecule has 1 aliphatic carbocycles. The van der Waals surface area contributed by atoms with Gasteiger partial charge in [0.15, 0.2) is 0 Å². The van der Waals surface area contributed by atoms with Crippen LogP contribution in [0.25, 0.3) is 0 Å². The van der Waals surface area contributed by atoms with Gasteiger partial charge in [0, 0.05) is 18.9 Å². The third kappa shape index (κ3) is 5.59. The maximum Gasteiger partial charge on any atom is 0.321 e. The summed E-state index contributed by atoms with van der Waals surface area (Å²) in [4.78, 5) is 33.5. The van der Waals surface area contributed by atoms with Gasteiger partial charge >= 0.3 is 12.0 Å². The molecular formula is C14H24N2O4. The molecule has 6 heteroatoms. The molecule has 0 radical (unpaired) electrons. The van der Waals surface area contributed by atoms with Gasteiger partial charge in [-0.05, 0) is 37.5 Å². The molecule has 0 bridgehead atoms. The Morgan fingerprint density at radius 1 is 1.10 bits per heavy atom. The SMILES string of the molecule is CC1CCC(NC(=O)NC(=O)CCCCC(=O)O)C1C. The molecule has 0 aliphatic heterocycles. The molecule has 0 aromatic rings. The summed E-state index contributed by atoms with van der Waals surface area (Å²) in [5.74, 6) is -0.211. The number of rotatable bonds is 6. The van der Waals surface area contributed by atoms with Crippen molar-refractivity contribution in [2.45, 2.75) is 58.4 Å². The molecule has 1 aliphatic rings. The van der Waals surface area contributed by atoms with Gasteiger partial charge in [0.05, 0.1) is 0 Å². The summed E-state index contributed by atoms with van der Waals surface area (Å²) in [6, 6.07) is -0.316. The zero-order valence-corrected chi connectivity index (χ0v) is 12.1. The van der Waals surface area contributed by atoms with Gasteiger partial charge in [-0.3, -0.25) is 14.9 Å². The molecule has 0 aromatic heterocycles. The summed E-state index contributed by atoms with van der Waals surface area (Å²) in [5.41, 5.74) is 0. The Labute approximate surface area is 119 Å². The fourth-order valence-electron chi connectivity index (χ4n) is 2.52. The lowest BCUT2D eigenvalue weighted by molar-refractivity contribution is -0.137. The van der Waals surface area contributed by atoms with Crippen LogP contribution in [0.3, 0.4) is 0 Å². The third-order valence-electron chi connectivity index (χ3n) is 4.08. The van der Waals surface area contributed by atoms with Gasteiger partial charge in [0.25, 0.3) is 0 Å². The predicted molar refractivity (Wildman–Crippen MR) is 74.1 cm³/mol. The highest BCUT2D eigenvalue weighted by atomic mass is 16.4. The van der Waals surface area contributed by atoms with Gasteiger partial charge in [-0.25, -0.2) is 4.79 Å². The van der Waals surface area contributed by atoms with Crippen LogP contribution in [0.15, 0.2) is 0 Å². The number of imide groups is 1. The van der Waals surface area contributed by atoms with Crippen LogP contribution in [-0.4, -0.2) is 29.1 Å². The van der Waals surface area contributed by atoms with Crippen LogP contribution in [0.5, 0.6) is 0 Å². The summed E-state index contributed by atoms with van der Waals surface area (Å²) >= 11 is 0. The highest BCUT2D eigenvalue weighted by Gasteiger charge is 2.30. The number of nitrogens with one attached hydrogen (secondary N) is 2. The largest absolute Gasteiger partial charge is 0.481 e. The normalized spacial score (nSPS) is 25.2. The Bertz CT molecular complexity index is 370. The maximum atomic E-state index is 11.7. The topological polar surface area (TPSA) is 95.5 Å². The van der Waals surface area contributed by atoms with Crippen molar-refractivity contribution < 1.29 is 19.5 Å². The van der Waals surface area contributed by atoms with E-state index < -0.39 is 12.0 Å². The van der Waals surface area contributed by atoms with Crippen molar-refractivity contribution in [2.75, 3.05) is 0 Å². The van der Waals surface area contributed by atoms with Crippen LogP contribution in [0.4, 0.5) is 4.79 Å². The van der Waals surface area contributed by atoms with E-state index in [-0.39, 0.29) is 24.8 Å². The lowest BCUT2D eigenvalue weighted by Gasteiger charge is -2.19. The molecule has 1 rings (SSSR count). The zero-order valence-electron chi connectivity index (χ0n) is 12.1. The quantitative estimate of drug-likeness (QED) is 0.649. The molecule has 3 unspecified atom stereocenters.